The molecule has 1 amide bonds. The lowest BCUT2D eigenvalue weighted by molar-refractivity contribution is 0.00693. The molecule has 1 N–H and O–H groups in total. The van der Waals surface area contributed by atoms with Crippen molar-refractivity contribution in [3.05, 3.63) is 35.1 Å². The number of nitrogens with zero attached hydrogens (tertiary/aromatic N) is 2. The van der Waals surface area contributed by atoms with Gasteiger partial charge in [0.1, 0.15) is 5.82 Å². The predicted molar refractivity (Wildman–Crippen MR) is 51.4 cm³/mol. The molecule has 15 heavy (non-hydrogen) atoms. The summed E-state index contributed by atoms with van der Waals surface area (Å²) in [6.45, 7) is 0.751. The molecule has 0 aromatic heterocycles. The van der Waals surface area contributed by atoms with Crippen LogP contribution < -0.4 is 0 Å². The van der Waals surface area contributed by atoms with Crippen LogP contribution >= 0.6 is 0 Å². The van der Waals surface area contributed by atoms with Gasteiger partial charge in [-0.15, -0.1) is 0 Å². The molecule has 0 aliphatic carbocycles. The molecule has 1 aliphatic heterocycles. The lowest BCUT2D eigenvalue weighted by atomic mass is 10.1. The SMILES string of the molecule is CN(C(=O)O)N1Cc2cccc(F)c2C1. The molecule has 1 aliphatic rings. The number of hydrogen-bond donors (Lipinski definition) is 1. The van der Waals surface area contributed by atoms with Crippen molar-refractivity contribution in [2.24, 2.45) is 0 Å². The molecule has 0 bridgehead atoms. The molecular formula is C10H11FN2O2. The van der Waals surface area contributed by atoms with Crippen LogP contribution in [0.3, 0.4) is 0 Å². The molecule has 4 nitrogen and oxygen atoms in total. The van der Waals surface area contributed by atoms with E-state index >= 15 is 0 Å². The van der Waals surface area contributed by atoms with Crippen LogP contribution in [0.4, 0.5) is 9.18 Å². The first-order chi connectivity index (χ1) is 7.09. The highest BCUT2D eigenvalue weighted by Gasteiger charge is 2.26. The van der Waals surface area contributed by atoms with Gasteiger partial charge in [0.15, 0.2) is 0 Å². The van der Waals surface area contributed by atoms with E-state index < -0.39 is 6.09 Å². The van der Waals surface area contributed by atoms with Crippen molar-refractivity contribution >= 4 is 6.09 Å². The Hall–Kier alpha value is -1.62. The average Bonchev–Trinajstić information content (AvgIpc) is 2.61. The quantitative estimate of drug-likeness (QED) is 0.766. The molecule has 0 saturated carbocycles. The van der Waals surface area contributed by atoms with Crippen LogP contribution in [0.15, 0.2) is 18.2 Å². The largest absolute Gasteiger partial charge is 0.464 e. The highest BCUT2D eigenvalue weighted by Crippen LogP contribution is 2.25. The molecule has 0 saturated heterocycles. The Bertz CT molecular complexity index is 408. The highest BCUT2D eigenvalue weighted by molar-refractivity contribution is 5.64. The molecule has 0 radical (unpaired) electrons. The smallest absolute Gasteiger partial charge is 0.421 e. The van der Waals surface area contributed by atoms with Crippen LogP contribution in [0, 0.1) is 5.82 Å². The summed E-state index contributed by atoms with van der Waals surface area (Å²) in [6.07, 6.45) is -1.04. The molecule has 80 valence electrons. The molecular weight excluding hydrogens is 199 g/mol. The van der Waals surface area contributed by atoms with Gasteiger partial charge in [-0.05, 0) is 11.6 Å². The van der Waals surface area contributed by atoms with Crippen LogP contribution in [-0.4, -0.2) is 28.3 Å². The van der Waals surface area contributed by atoms with Gasteiger partial charge >= 0.3 is 6.09 Å². The van der Waals surface area contributed by atoms with Crippen molar-refractivity contribution < 1.29 is 14.3 Å². The fourth-order valence-electron chi connectivity index (χ4n) is 1.70. The van der Waals surface area contributed by atoms with E-state index in [1.54, 1.807) is 11.1 Å². The second-order valence-electron chi connectivity index (χ2n) is 3.51. The third-order valence-electron chi connectivity index (χ3n) is 2.61. The lowest BCUT2D eigenvalue weighted by Crippen LogP contribution is -2.39. The minimum atomic E-state index is -1.04. The van der Waals surface area contributed by atoms with Crippen molar-refractivity contribution in [1.82, 2.24) is 10.0 Å². The topological polar surface area (TPSA) is 43.8 Å². The van der Waals surface area contributed by atoms with Crippen molar-refractivity contribution in [3.8, 4) is 0 Å². The third kappa shape index (κ3) is 1.66. The highest BCUT2D eigenvalue weighted by atomic mass is 19.1. The number of carbonyl (C=O) groups is 1. The molecule has 1 aromatic carbocycles. The van der Waals surface area contributed by atoms with Crippen LogP contribution in [0.5, 0.6) is 0 Å². The van der Waals surface area contributed by atoms with Crippen molar-refractivity contribution in [2.75, 3.05) is 7.05 Å². The summed E-state index contributed by atoms with van der Waals surface area (Å²) in [5.41, 5.74) is 1.44. The number of benzene rings is 1. The Morgan fingerprint density at radius 1 is 1.53 bits per heavy atom. The summed E-state index contributed by atoms with van der Waals surface area (Å²) in [6, 6.07) is 4.84. The third-order valence-corrected chi connectivity index (χ3v) is 2.61. The number of carboxylic acid groups (broad SMARTS) is 1. The number of amides is 1. The van der Waals surface area contributed by atoms with E-state index in [-0.39, 0.29) is 5.82 Å². The zero-order valence-electron chi connectivity index (χ0n) is 8.27. The number of rotatable bonds is 1. The van der Waals surface area contributed by atoms with Crippen LogP contribution in [0.25, 0.3) is 0 Å². The van der Waals surface area contributed by atoms with Gasteiger partial charge in [-0.25, -0.2) is 19.2 Å². The summed E-state index contributed by atoms with van der Waals surface area (Å²) < 4.78 is 13.3. The first-order valence-electron chi connectivity index (χ1n) is 4.57. The summed E-state index contributed by atoms with van der Waals surface area (Å²) in [4.78, 5) is 10.7. The molecule has 0 spiro atoms. The Morgan fingerprint density at radius 2 is 2.27 bits per heavy atom. The van der Waals surface area contributed by atoms with Crippen molar-refractivity contribution in [2.45, 2.75) is 13.1 Å². The second kappa shape index (κ2) is 3.51. The van der Waals surface area contributed by atoms with Crippen LogP contribution in [-0.2, 0) is 13.1 Å². The van der Waals surface area contributed by atoms with Gasteiger partial charge in [0, 0.05) is 25.7 Å². The van der Waals surface area contributed by atoms with Gasteiger partial charge < -0.3 is 5.11 Å². The van der Waals surface area contributed by atoms with Gasteiger partial charge in [-0.1, -0.05) is 12.1 Å². The molecule has 1 heterocycles. The van der Waals surface area contributed by atoms with Crippen LogP contribution in [0.2, 0.25) is 0 Å². The number of halogens is 1. The van der Waals surface area contributed by atoms with Gasteiger partial charge in [-0.3, -0.25) is 0 Å². The van der Waals surface area contributed by atoms with Crippen LogP contribution in [0.1, 0.15) is 11.1 Å². The molecule has 0 atom stereocenters. The Morgan fingerprint density at radius 3 is 2.87 bits per heavy atom. The summed E-state index contributed by atoms with van der Waals surface area (Å²) in [7, 11) is 1.45. The van der Waals surface area contributed by atoms with Gasteiger partial charge in [-0.2, -0.15) is 0 Å². The maximum Gasteiger partial charge on any atom is 0.421 e. The maximum absolute atomic E-state index is 13.3. The summed E-state index contributed by atoms with van der Waals surface area (Å²) in [5.74, 6) is -0.270. The normalized spacial score (nSPS) is 15.1. The van der Waals surface area contributed by atoms with E-state index in [0.29, 0.717) is 18.7 Å². The first-order valence-corrected chi connectivity index (χ1v) is 4.57. The molecule has 1 aromatic rings. The van der Waals surface area contributed by atoms with Gasteiger partial charge in [0.25, 0.3) is 0 Å². The number of hydrogen-bond acceptors (Lipinski definition) is 2. The summed E-state index contributed by atoms with van der Waals surface area (Å²) in [5, 5.41) is 11.4. The predicted octanol–water partition coefficient (Wildman–Crippen LogP) is 1.67. The molecule has 0 fully saturated rings. The Balaban J connectivity index is 2.23. The fraction of sp³-hybridized carbons (Fsp3) is 0.300. The standard InChI is InChI=1S/C10H11FN2O2/c1-12(10(14)15)13-5-7-3-2-4-9(11)8(7)6-13/h2-4H,5-6H2,1H3,(H,14,15). The van der Waals surface area contributed by atoms with Crippen molar-refractivity contribution in [1.29, 1.82) is 0 Å². The van der Waals surface area contributed by atoms with E-state index in [4.69, 9.17) is 5.11 Å². The van der Waals surface area contributed by atoms with Gasteiger partial charge in [0.05, 0.1) is 0 Å². The van der Waals surface area contributed by atoms with E-state index in [1.165, 1.54) is 13.1 Å². The van der Waals surface area contributed by atoms with E-state index in [1.807, 2.05) is 6.07 Å². The average molecular weight is 210 g/mol. The minimum absolute atomic E-state index is 0.270. The van der Waals surface area contributed by atoms with E-state index in [9.17, 15) is 9.18 Å². The monoisotopic (exact) mass is 210 g/mol. The lowest BCUT2D eigenvalue weighted by Gasteiger charge is -2.24. The summed E-state index contributed by atoms with van der Waals surface area (Å²) >= 11 is 0. The zero-order valence-corrected chi connectivity index (χ0v) is 8.27. The van der Waals surface area contributed by atoms with E-state index in [2.05, 4.69) is 0 Å². The number of fused-ring (bicyclic) bond motifs is 1. The fourth-order valence-corrected chi connectivity index (χ4v) is 1.70. The number of hydrazine groups is 1. The zero-order chi connectivity index (χ0) is 11.0. The van der Waals surface area contributed by atoms with Crippen molar-refractivity contribution in [3.63, 3.8) is 0 Å². The Kier molecular flexibility index (Phi) is 2.32. The molecule has 2 rings (SSSR count). The first kappa shape index (κ1) is 9.92. The minimum Gasteiger partial charge on any atom is -0.464 e. The molecule has 0 unspecified atom stereocenters. The Labute approximate surface area is 86.5 Å². The second-order valence-corrected chi connectivity index (χ2v) is 3.51. The van der Waals surface area contributed by atoms with E-state index in [0.717, 1.165) is 10.6 Å². The maximum atomic E-state index is 13.3. The van der Waals surface area contributed by atoms with Gasteiger partial charge in [0.2, 0.25) is 0 Å². The molecule has 5 heteroatoms.